The maximum Gasteiger partial charge on any atom is 0.307 e. The van der Waals surface area contributed by atoms with E-state index in [9.17, 15) is 13.6 Å². The zero-order valence-corrected chi connectivity index (χ0v) is 10.2. The van der Waals surface area contributed by atoms with Crippen LogP contribution in [0, 0.1) is 0 Å². The Morgan fingerprint density at radius 2 is 2.25 bits per heavy atom. The summed E-state index contributed by atoms with van der Waals surface area (Å²) in [7, 11) is 0. The Balaban J connectivity index is 3.28. The van der Waals surface area contributed by atoms with Gasteiger partial charge in [0.05, 0.1) is 22.7 Å². The molecule has 0 aliphatic rings. The van der Waals surface area contributed by atoms with Gasteiger partial charge >= 0.3 is 5.97 Å². The Morgan fingerprint density at radius 1 is 1.62 bits per heavy atom. The number of nitrogens with zero attached hydrogens (tertiary/aromatic N) is 1. The number of aromatic nitrogens is 1. The fourth-order valence-corrected chi connectivity index (χ4v) is 1.97. The molecule has 1 N–H and O–H groups in total. The van der Waals surface area contributed by atoms with Crippen LogP contribution in [0.5, 0.6) is 0 Å². The molecule has 0 radical (unpaired) electrons. The number of halogens is 4. The van der Waals surface area contributed by atoms with E-state index in [0.29, 0.717) is 5.69 Å². The van der Waals surface area contributed by atoms with Crippen LogP contribution in [-0.4, -0.2) is 16.1 Å². The molecule has 1 aromatic heterocycles. The molecular weight excluding hydrogens is 307 g/mol. The Morgan fingerprint density at radius 3 is 2.69 bits per heavy atom. The SMILES string of the molecule is O=C(O)Cc1c(CBr)ncc(C(F)F)c1Cl. The van der Waals surface area contributed by atoms with Crippen molar-refractivity contribution in [3.63, 3.8) is 0 Å². The van der Waals surface area contributed by atoms with Crippen molar-refractivity contribution in [2.24, 2.45) is 0 Å². The molecule has 1 rings (SSSR count). The normalized spacial score (nSPS) is 10.8. The van der Waals surface area contributed by atoms with Crippen molar-refractivity contribution in [3.05, 3.63) is 28.0 Å². The topological polar surface area (TPSA) is 50.2 Å². The molecule has 0 atom stereocenters. The van der Waals surface area contributed by atoms with Crippen molar-refractivity contribution < 1.29 is 18.7 Å². The monoisotopic (exact) mass is 313 g/mol. The van der Waals surface area contributed by atoms with Gasteiger partial charge in [-0.1, -0.05) is 27.5 Å². The van der Waals surface area contributed by atoms with E-state index in [0.717, 1.165) is 6.20 Å². The van der Waals surface area contributed by atoms with Gasteiger partial charge < -0.3 is 5.11 Å². The fraction of sp³-hybridized carbons (Fsp3) is 0.333. The predicted octanol–water partition coefficient (Wildman–Crippen LogP) is 3.19. The maximum atomic E-state index is 12.5. The standard InChI is InChI=1S/C9H7BrClF2NO2/c10-2-6-4(1-7(15)16)8(11)5(3-14-6)9(12)13/h3,9H,1-2H2,(H,15,16). The van der Waals surface area contributed by atoms with Gasteiger partial charge in [0.25, 0.3) is 6.43 Å². The van der Waals surface area contributed by atoms with E-state index in [1.807, 2.05) is 0 Å². The number of alkyl halides is 3. The molecule has 7 heteroatoms. The first-order valence-corrected chi connectivity index (χ1v) is 5.69. The van der Waals surface area contributed by atoms with Crippen molar-refractivity contribution in [3.8, 4) is 0 Å². The zero-order valence-electron chi connectivity index (χ0n) is 7.88. The molecule has 3 nitrogen and oxygen atoms in total. The molecule has 0 fully saturated rings. The molecule has 0 spiro atoms. The molecule has 1 heterocycles. The van der Waals surface area contributed by atoms with Gasteiger partial charge in [0.2, 0.25) is 0 Å². The average Bonchev–Trinajstić information content (AvgIpc) is 2.19. The molecule has 0 amide bonds. The van der Waals surface area contributed by atoms with Crippen LogP contribution in [0.1, 0.15) is 23.2 Å². The molecule has 0 saturated carbocycles. The van der Waals surface area contributed by atoms with Gasteiger partial charge in [-0.2, -0.15) is 0 Å². The third-order valence-corrected chi connectivity index (χ3v) is 2.89. The van der Waals surface area contributed by atoms with Crippen LogP contribution < -0.4 is 0 Å². The molecule has 0 bridgehead atoms. The summed E-state index contributed by atoms with van der Waals surface area (Å²) in [5.41, 5.74) is 0.0447. The van der Waals surface area contributed by atoms with E-state index in [2.05, 4.69) is 20.9 Å². The number of hydrogen-bond acceptors (Lipinski definition) is 2. The molecule has 0 aliphatic carbocycles. The molecule has 0 saturated heterocycles. The largest absolute Gasteiger partial charge is 0.481 e. The van der Waals surface area contributed by atoms with E-state index in [1.54, 1.807) is 0 Å². The number of carboxylic acid groups (broad SMARTS) is 1. The molecule has 88 valence electrons. The molecular formula is C9H7BrClF2NO2. The third-order valence-electron chi connectivity index (χ3n) is 1.92. The second kappa shape index (κ2) is 5.54. The number of aliphatic carboxylic acids is 1. The number of pyridine rings is 1. The molecule has 0 aromatic carbocycles. The number of carbonyl (C=O) groups is 1. The van der Waals surface area contributed by atoms with Crippen LogP contribution in [0.3, 0.4) is 0 Å². The lowest BCUT2D eigenvalue weighted by molar-refractivity contribution is -0.136. The summed E-state index contributed by atoms with van der Waals surface area (Å²) >= 11 is 8.82. The van der Waals surface area contributed by atoms with Gasteiger partial charge in [-0.05, 0) is 0 Å². The smallest absolute Gasteiger partial charge is 0.307 e. The Kier molecular flexibility index (Phi) is 4.61. The van der Waals surface area contributed by atoms with Crippen LogP contribution in [0.2, 0.25) is 5.02 Å². The van der Waals surface area contributed by atoms with Gasteiger partial charge in [-0.25, -0.2) is 8.78 Å². The summed E-state index contributed by atoms with van der Waals surface area (Å²) in [5.74, 6) is -1.14. The van der Waals surface area contributed by atoms with Crippen LogP contribution in [0.4, 0.5) is 8.78 Å². The Labute approximate surface area is 104 Å². The van der Waals surface area contributed by atoms with Gasteiger partial charge in [0, 0.05) is 17.1 Å². The lowest BCUT2D eigenvalue weighted by Crippen LogP contribution is -2.07. The highest BCUT2D eigenvalue weighted by Crippen LogP contribution is 2.31. The summed E-state index contributed by atoms with van der Waals surface area (Å²) in [4.78, 5) is 14.3. The lowest BCUT2D eigenvalue weighted by atomic mass is 10.1. The summed E-state index contributed by atoms with van der Waals surface area (Å²) in [6.07, 6.45) is -2.22. The average molecular weight is 315 g/mol. The van der Waals surface area contributed by atoms with Crippen molar-refractivity contribution in [2.75, 3.05) is 0 Å². The van der Waals surface area contributed by atoms with E-state index in [4.69, 9.17) is 16.7 Å². The minimum Gasteiger partial charge on any atom is -0.481 e. The maximum absolute atomic E-state index is 12.5. The summed E-state index contributed by atoms with van der Waals surface area (Å²) in [5, 5.41) is 8.69. The van der Waals surface area contributed by atoms with Crippen LogP contribution in [0.25, 0.3) is 0 Å². The highest BCUT2D eigenvalue weighted by atomic mass is 79.9. The van der Waals surface area contributed by atoms with Gasteiger partial charge in [0.1, 0.15) is 0 Å². The molecule has 0 aliphatic heterocycles. The van der Waals surface area contributed by atoms with Crippen molar-refractivity contribution in [1.82, 2.24) is 4.98 Å². The van der Waals surface area contributed by atoms with Gasteiger partial charge in [0.15, 0.2) is 0 Å². The van der Waals surface area contributed by atoms with Crippen molar-refractivity contribution in [2.45, 2.75) is 18.2 Å². The number of carboxylic acids is 1. The minimum absolute atomic E-state index is 0.129. The van der Waals surface area contributed by atoms with Gasteiger partial charge in [-0.15, -0.1) is 0 Å². The first kappa shape index (κ1) is 13.3. The second-order valence-corrected chi connectivity index (χ2v) is 3.90. The predicted molar refractivity (Wildman–Crippen MR) is 58.2 cm³/mol. The van der Waals surface area contributed by atoms with Crippen molar-refractivity contribution >= 4 is 33.5 Å². The second-order valence-electron chi connectivity index (χ2n) is 2.96. The van der Waals surface area contributed by atoms with E-state index in [-0.39, 0.29) is 15.9 Å². The lowest BCUT2D eigenvalue weighted by Gasteiger charge is -2.10. The van der Waals surface area contributed by atoms with Crippen LogP contribution in [-0.2, 0) is 16.5 Å². The first-order chi connectivity index (χ1) is 7.47. The first-order valence-electron chi connectivity index (χ1n) is 4.19. The van der Waals surface area contributed by atoms with E-state index < -0.39 is 24.4 Å². The van der Waals surface area contributed by atoms with E-state index >= 15 is 0 Å². The van der Waals surface area contributed by atoms with Crippen molar-refractivity contribution in [1.29, 1.82) is 0 Å². The highest BCUT2D eigenvalue weighted by molar-refractivity contribution is 9.08. The summed E-state index contributed by atoms with van der Waals surface area (Å²) in [6.45, 7) is 0. The minimum atomic E-state index is -2.77. The Hall–Kier alpha value is -0.750. The zero-order chi connectivity index (χ0) is 12.3. The quantitative estimate of drug-likeness (QED) is 0.868. The van der Waals surface area contributed by atoms with Crippen LogP contribution >= 0.6 is 27.5 Å². The van der Waals surface area contributed by atoms with E-state index in [1.165, 1.54) is 0 Å². The number of hydrogen-bond donors (Lipinski definition) is 1. The fourth-order valence-electron chi connectivity index (χ4n) is 1.18. The molecule has 0 unspecified atom stereocenters. The summed E-state index contributed by atoms with van der Waals surface area (Å²) < 4.78 is 25.0. The Bertz CT molecular complexity index is 415. The highest BCUT2D eigenvalue weighted by Gasteiger charge is 2.20. The number of rotatable bonds is 4. The third kappa shape index (κ3) is 2.89. The summed E-state index contributed by atoms with van der Waals surface area (Å²) in [6, 6.07) is 0. The van der Waals surface area contributed by atoms with Crippen LogP contribution in [0.15, 0.2) is 6.20 Å². The molecule has 1 aromatic rings. The molecule has 16 heavy (non-hydrogen) atoms. The van der Waals surface area contributed by atoms with Gasteiger partial charge in [-0.3, -0.25) is 9.78 Å².